The van der Waals surface area contributed by atoms with E-state index in [9.17, 15) is 14.0 Å². The van der Waals surface area contributed by atoms with Gasteiger partial charge in [0.1, 0.15) is 17.6 Å². The van der Waals surface area contributed by atoms with Gasteiger partial charge in [-0.3, -0.25) is 9.59 Å². The summed E-state index contributed by atoms with van der Waals surface area (Å²) in [5, 5.41) is 2.55. The van der Waals surface area contributed by atoms with E-state index in [4.69, 9.17) is 4.74 Å². The molecule has 2 amide bonds. The van der Waals surface area contributed by atoms with Crippen LogP contribution in [0.4, 0.5) is 4.39 Å². The molecule has 0 aliphatic heterocycles. The summed E-state index contributed by atoms with van der Waals surface area (Å²) < 4.78 is 18.8. The fourth-order valence-electron chi connectivity index (χ4n) is 2.61. The van der Waals surface area contributed by atoms with E-state index in [2.05, 4.69) is 5.32 Å². The number of carbonyl (C=O) groups excluding carboxylic acids is 2. The van der Waals surface area contributed by atoms with E-state index in [0.29, 0.717) is 5.75 Å². The molecular formula is C21H25FN2O3. The van der Waals surface area contributed by atoms with Crippen LogP contribution in [0.2, 0.25) is 0 Å². The summed E-state index contributed by atoms with van der Waals surface area (Å²) in [6.07, 6.45) is 0. The van der Waals surface area contributed by atoms with Gasteiger partial charge in [-0.1, -0.05) is 18.2 Å². The minimum atomic E-state index is -0.684. The summed E-state index contributed by atoms with van der Waals surface area (Å²) in [6.45, 7) is 5.61. The number of halogens is 1. The average molecular weight is 372 g/mol. The average Bonchev–Trinajstić information content (AvgIpc) is 2.67. The van der Waals surface area contributed by atoms with E-state index in [1.165, 1.54) is 24.1 Å². The lowest BCUT2D eigenvalue weighted by Crippen LogP contribution is -2.48. The quantitative estimate of drug-likeness (QED) is 0.813. The molecule has 0 unspecified atom stereocenters. The van der Waals surface area contributed by atoms with Crippen molar-refractivity contribution < 1.29 is 18.7 Å². The van der Waals surface area contributed by atoms with Crippen LogP contribution in [0.1, 0.15) is 23.6 Å². The molecule has 0 aliphatic carbocycles. The Balaban J connectivity index is 2.12. The van der Waals surface area contributed by atoms with Gasteiger partial charge >= 0.3 is 0 Å². The molecule has 2 aromatic carbocycles. The second-order valence-corrected chi connectivity index (χ2v) is 6.47. The first kappa shape index (κ1) is 20.4. The van der Waals surface area contributed by atoms with Gasteiger partial charge in [0.05, 0.1) is 0 Å². The molecule has 27 heavy (non-hydrogen) atoms. The van der Waals surface area contributed by atoms with E-state index in [1.54, 1.807) is 19.1 Å². The molecule has 0 fully saturated rings. The molecule has 0 radical (unpaired) electrons. The van der Waals surface area contributed by atoms with Gasteiger partial charge in [0, 0.05) is 13.6 Å². The molecule has 2 aromatic rings. The Kier molecular flexibility index (Phi) is 6.93. The Morgan fingerprint density at radius 2 is 1.78 bits per heavy atom. The fraction of sp³-hybridized carbons (Fsp3) is 0.333. The van der Waals surface area contributed by atoms with Crippen molar-refractivity contribution in [2.45, 2.75) is 33.4 Å². The van der Waals surface area contributed by atoms with Crippen LogP contribution >= 0.6 is 0 Å². The Morgan fingerprint density at radius 3 is 2.37 bits per heavy atom. The lowest BCUT2D eigenvalue weighted by Gasteiger charge is -2.28. The molecule has 1 atom stereocenters. The van der Waals surface area contributed by atoms with Crippen LogP contribution < -0.4 is 10.1 Å². The zero-order chi connectivity index (χ0) is 20.0. The third-order valence-electron chi connectivity index (χ3n) is 4.52. The van der Waals surface area contributed by atoms with Crippen molar-refractivity contribution in [3.05, 3.63) is 65.0 Å². The number of ether oxygens (including phenoxy) is 1. The molecule has 0 aliphatic rings. The monoisotopic (exact) mass is 372 g/mol. The summed E-state index contributed by atoms with van der Waals surface area (Å²) in [7, 11) is 1.52. The normalized spacial score (nSPS) is 11.6. The van der Waals surface area contributed by atoms with Crippen LogP contribution in [0, 0.1) is 19.7 Å². The first-order valence-electron chi connectivity index (χ1n) is 8.77. The maximum atomic E-state index is 13.1. The zero-order valence-electron chi connectivity index (χ0n) is 16.1. The summed E-state index contributed by atoms with van der Waals surface area (Å²) in [6, 6.07) is 10.8. The van der Waals surface area contributed by atoms with Gasteiger partial charge in [0.2, 0.25) is 5.91 Å². The number of carbonyl (C=O) groups is 2. The molecule has 144 valence electrons. The van der Waals surface area contributed by atoms with Crippen molar-refractivity contribution >= 4 is 11.8 Å². The van der Waals surface area contributed by atoms with Gasteiger partial charge < -0.3 is 15.0 Å². The number of nitrogens with one attached hydrogen (secondary N) is 1. The molecule has 0 saturated carbocycles. The van der Waals surface area contributed by atoms with E-state index < -0.39 is 6.04 Å². The Hall–Kier alpha value is -2.89. The third-order valence-corrected chi connectivity index (χ3v) is 4.52. The van der Waals surface area contributed by atoms with Crippen LogP contribution in [0.25, 0.3) is 0 Å². The van der Waals surface area contributed by atoms with Crippen molar-refractivity contribution in [2.24, 2.45) is 0 Å². The predicted molar refractivity (Wildman–Crippen MR) is 102 cm³/mol. The highest BCUT2D eigenvalue weighted by Crippen LogP contribution is 2.17. The van der Waals surface area contributed by atoms with Crippen molar-refractivity contribution in [3.8, 4) is 5.75 Å². The largest absolute Gasteiger partial charge is 0.484 e. The molecule has 0 aromatic heterocycles. The van der Waals surface area contributed by atoms with Crippen LogP contribution in [-0.2, 0) is 16.1 Å². The lowest BCUT2D eigenvalue weighted by atomic mass is 10.1. The molecule has 2 rings (SSSR count). The van der Waals surface area contributed by atoms with Crippen LogP contribution in [0.3, 0.4) is 0 Å². The van der Waals surface area contributed by atoms with Crippen LogP contribution in [0.15, 0.2) is 42.5 Å². The molecule has 0 heterocycles. The molecule has 6 heteroatoms. The molecule has 0 saturated heterocycles. The van der Waals surface area contributed by atoms with Gasteiger partial charge in [-0.05, 0) is 61.7 Å². The third kappa shape index (κ3) is 5.54. The maximum absolute atomic E-state index is 13.1. The molecule has 0 spiro atoms. The van der Waals surface area contributed by atoms with Crippen LogP contribution in [0.5, 0.6) is 5.75 Å². The van der Waals surface area contributed by atoms with E-state index in [0.717, 1.165) is 16.7 Å². The number of amides is 2. The minimum absolute atomic E-state index is 0.185. The number of likely N-dealkylation sites (N-methyl/N-ethyl adjacent to an activating group) is 1. The summed E-state index contributed by atoms with van der Waals surface area (Å²) in [5.41, 5.74) is 2.94. The number of hydrogen-bond donors (Lipinski definition) is 1. The maximum Gasteiger partial charge on any atom is 0.261 e. The first-order valence-corrected chi connectivity index (χ1v) is 8.77. The SMILES string of the molecule is CNC(=O)[C@H](C)N(Cc1ccc(F)cc1)C(=O)COc1ccc(C)c(C)c1. The lowest BCUT2D eigenvalue weighted by molar-refractivity contribution is -0.142. The predicted octanol–water partition coefficient (Wildman–Crippen LogP) is 2.98. The van der Waals surface area contributed by atoms with Crippen LogP contribution in [-0.4, -0.2) is 36.4 Å². The summed E-state index contributed by atoms with van der Waals surface area (Å²) in [5.74, 6) is -0.361. The van der Waals surface area contributed by atoms with E-state index >= 15 is 0 Å². The smallest absolute Gasteiger partial charge is 0.261 e. The number of nitrogens with zero attached hydrogens (tertiary/aromatic N) is 1. The minimum Gasteiger partial charge on any atom is -0.484 e. The van der Waals surface area contributed by atoms with Crippen molar-refractivity contribution in [2.75, 3.05) is 13.7 Å². The van der Waals surface area contributed by atoms with Crippen molar-refractivity contribution in [1.82, 2.24) is 10.2 Å². The standard InChI is InChI=1S/C21H25FN2O3/c1-14-5-10-19(11-15(14)2)27-13-20(25)24(16(3)21(26)23-4)12-17-6-8-18(22)9-7-17/h5-11,16H,12-13H2,1-4H3,(H,23,26)/t16-/m0/s1. The molecule has 0 bridgehead atoms. The van der Waals surface area contributed by atoms with E-state index in [-0.39, 0.29) is 30.8 Å². The Bertz CT molecular complexity index is 806. The Labute approximate surface area is 159 Å². The second kappa shape index (κ2) is 9.16. The summed E-state index contributed by atoms with van der Waals surface area (Å²) in [4.78, 5) is 26.2. The van der Waals surface area contributed by atoms with Gasteiger partial charge in [-0.15, -0.1) is 0 Å². The number of rotatable bonds is 7. The highest BCUT2D eigenvalue weighted by Gasteiger charge is 2.25. The van der Waals surface area contributed by atoms with E-state index in [1.807, 2.05) is 32.0 Å². The number of benzene rings is 2. The Morgan fingerprint density at radius 1 is 1.11 bits per heavy atom. The zero-order valence-corrected chi connectivity index (χ0v) is 16.1. The number of aryl methyl sites for hydroxylation is 2. The highest BCUT2D eigenvalue weighted by atomic mass is 19.1. The highest BCUT2D eigenvalue weighted by molar-refractivity contribution is 5.87. The fourth-order valence-corrected chi connectivity index (χ4v) is 2.61. The first-order chi connectivity index (χ1) is 12.8. The molecular weight excluding hydrogens is 347 g/mol. The van der Waals surface area contributed by atoms with Gasteiger partial charge in [0.25, 0.3) is 5.91 Å². The second-order valence-electron chi connectivity index (χ2n) is 6.47. The molecule has 5 nitrogen and oxygen atoms in total. The van der Waals surface area contributed by atoms with Gasteiger partial charge in [0.15, 0.2) is 6.61 Å². The van der Waals surface area contributed by atoms with Crippen molar-refractivity contribution in [3.63, 3.8) is 0 Å². The topological polar surface area (TPSA) is 58.6 Å². The van der Waals surface area contributed by atoms with Crippen molar-refractivity contribution in [1.29, 1.82) is 0 Å². The number of hydrogen-bond acceptors (Lipinski definition) is 3. The van der Waals surface area contributed by atoms with Gasteiger partial charge in [-0.25, -0.2) is 4.39 Å². The summed E-state index contributed by atoms with van der Waals surface area (Å²) >= 11 is 0. The van der Waals surface area contributed by atoms with Gasteiger partial charge in [-0.2, -0.15) is 0 Å². The molecule has 1 N–H and O–H groups in total.